The van der Waals surface area contributed by atoms with Crippen LogP contribution < -0.4 is 4.90 Å². The zero-order valence-electron chi connectivity index (χ0n) is 15.7. The van der Waals surface area contributed by atoms with E-state index in [1.54, 1.807) is 17.8 Å². The van der Waals surface area contributed by atoms with Crippen molar-refractivity contribution in [3.05, 3.63) is 56.1 Å². The van der Waals surface area contributed by atoms with Crippen LogP contribution in [0.1, 0.15) is 30.3 Å². The van der Waals surface area contributed by atoms with Gasteiger partial charge in [-0.1, -0.05) is 0 Å². The maximum Gasteiger partial charge on any atom is 0.416 e. The predicted octanol–water partition coefficient (Wildman–Crippen LogP) is 3.21. The first-order valence-corrected chi connectivity index (χ1v) is 8.95. The van der Waals surface area contributed by atoms with Crippen LogP contribution >= 0.6 is 0 Å². The Kier molecular flexibility index (Phi) is 5.65. The lowest BCUT2D eigenvalue weighted by atomic mass is 9.90. The Morgan fingerprint density at radius 2 is 1.70 bits per heavy atom. The van der Waals surface area contributed by atoms with E-state index in [0.29, 0.717) is 30.8 Å². The third-order valence-corrected chi connectivity index (χ3v) is 5.22. The van der Waals surface area contributed by atoms with Crippen LogP contribution in [0, 0.1) is 26.1 Å². The summed E-state index contributed by atoms with van der Waals surface area (Å²) in [5.41, 5.74) is -3.85. The molecule has 13 heteroatoms. The number of benzene rings is 1. The third-order valence-electron chi connectivity index (χ3n) is 5.22. The maximum absolute atomic E-state index is 13.1. The second kappa shape index (κ2) is 7.89. The first-order chi connectivity index (χ1) is 14.0. The van der Waals surface area contributed by atoms with Crippen LogP contribution in [-0.2, 0) is 13.2 Å². The molecule has 0 bridgehead atoms. The second-order valence-corrected chi connectivity index (χ2v) is 7.04. The molecule has 10 nitrogen and oxygen atoms in total. The number of piperidine rings is 1. The molecule has 1 unspecified atom stereocenters. The number of halogens is 3. The minimum absolute atomic E-state index is 0.0964. The van der Waals surface area contributed by atoms with Gasteiger partial charge in [0.05, 0.1) is 15.4 Å². The zero-order valence-corrected chi connectivity index (χ0v) is 15.7. The van der Waals surface area contributed by atoms with Crippen molar-refractivity contribution in [3.63, 3.8) is 0 Å². The van der Waals surface area contributed by atoms with Crippen LogP contribution in [0.15, 0.2) is 24.5 Å². The lowest BCUT2D eigenvalue weighted by molar-refractivity contribution is -0.393. The number of nitro benzene ring substituents is 2. The van der Waals surface area contributed by atoms with Gasteiger partial charge in [0.15, 0.2) is 5.69 Å². The fourth-order valence-electron chi connectivity index (χ4n) is 3.68. The largest absolute Gasteiger partial charge is 0.416 e. The van der Waals surface area contributed by atoms with Gasteiger partial charge in [-0.3, -0.25) is 20.2 Å². The number of hydrogen-bond donors (Lipinski definition) is 1. The first-order valence-electron chi connectivity index (χ1n) is 8.95. The quantitative estimate of drug-likeness (QED) is 0.571. The average molecular weight is 429 g/mol. The van der Waals surface area contributed by atoms with E-state index in [9.17, 15) is 38.5 Å². The van der Waals surface area contributed by atoms with Gasteiger partial charge in [-0.05, 0) is 18.8 Å². The van der Waals surface area contributed by atoms with E-state index >= 15 is 0 Å². The summed E-state index contributed by atoms with van der Waals surface area (Å²) in [4.78, 5) is 26.2. The molecule has 1 fully saturated rings. The van der Waals surface area contributed by atoms with E-state index < -0.39 is 44.8 Å². The maximum atomic E-state index is 13.1. The Bertz CT molecular complexity index is 934. The molecule has 1 aliphatic rings. The van der Waals surface area contributed by atoms with Crippen molar-refractivity contribution in [3.8, 4) is 0 Å². The molecule has 1 atom stereocenters. The molecule has 0 saturated carbocycles. The first kappa shape index (κ1) is 21.5. The fourth-order valence-corrected chi connectivity index (χ4v) is 3.68. The summed E-state index contributed by atoms with van der Waals surface area (Å²) < 4.78 is 40.8. The fraction of sp³-hybridized carbons (Fsp3) is 0.471. The Morgan fingerprint density at radius 3 is 2.10 bits per heavy atom. The monoisotopic (exact) mass is 429 g/mol. The highest BCUT2D eigenvalue weighted by Gasteiger charge is 2.40. The Morgan fingerprint density at radius 1 is 1.17 bits per heavy atom. The summed E-state index contributed by atoms with van der Waals surface area (Å²) in [6.07, 6.45) is -2.02. The molecule has 2 heterocycles. The number of alkyl halides is 3. The predicted molar refractivity (Wildman–Crippen MR) is 97.9 cm³/mol. The number of hydrogen-bond acceptors (Lipinski definition) is 7. The molecule has 1 aliphatic heterocycles. The highest BCUT2D eigenvalue weighted by atomic mass is 19.4. The number of rotatable bonds is 5. The van der Waals surface area contributed by atoms with E-state index in [-0.39, 0.29) is 19.0 Å². The molecule has 1 saturated heterocycles. The number of nitro groups is 2. The van der Waals surface area contributed by atoms with E-state index in [1.165, 1.54) is 11.1 Å². The summed E-state index contributed by atoms with van der Waals surface area (Å²) in [5.74, 6) is 0.190. The molecule has 162 valence electrons. The number of aromatic nitrogens is 2. The summed E-state index contributed by atoms with van der Waals surface area (Å²) >= 11 is 0. The van der Waals surface area contributed by atoms with Gasteiger partial charge in [0.2, 0.25) is 0 Å². The third kappa shape index (κ3) is 4.06. The van der Waals surface area contributed by atoms with Crippen LogP contribution in [0.3, 0.4) is 0 Å². The number of anilines is 1. The van der Waals surface area contributed by atoms with Crippen LogP contribution in [0.2, 0.25) is 0 Å². The topological polar surface area (TPSA) is 128 Å². The van der Waals surface area contributed by atoms with E-state index in [2.05, 4.69) is 4.98 Å². The highest BCUT2D eigenvalue weighted by Crippen LogP contribution is 2.44. The zero-order chi connectivity index (χ0) is 22.2. The number of imidazole rings is 1. The molecule has 0 aliphatic carbocycles. The van der Waals surface area contributed by atoms with Crippen molar-refractivity contribution in [2.75, 3.05) is 18.0 Å². The minimum atomic E-state index is -4.97. The molecular weight excluding hydrogens is 411 g/mol. The van der Waals surface area contributed by atoms with Crippen molar-refractivity contribution in [1.29, 1.82) is 0 Å². The van der Waals surface area contributed by atoms with Crippen molar-refractivity contribution in [1.82, 2.24) is 9.55 Å². The SMILES string of the molecule is Cn1ccnc1C(O)C1CCN(c2c([N+](=O)[O-])cc(C(F)(F)F)cc2[N+](=O)[O-])CC1. The van der Waals surface area contributed by atoms with Gasteiger partial charge in [-0.2, -0.15) is 13.2 Å². The molecule has 3 rings (SSSR count). The molecule has 0 spiro atoms. The summed E-state index contributed by atoms with van der Waals surface area (Å²) in [7, 11) is 1.72. The number of aliphatic hydroxyl groups is 1. The van der Waals surface area contributed by atoms with E-state index in [1.807, 2.05) is 0 Å². The van der Waals surface area contributed by atoms with Gasteiger partial charge in [0.25, 0.3) is 11.4 Å². The van der Waals surface area contributed by atoms with Crippen LogP contribution in [-0.4, -0.2) is 37.6 Å². The molecular formula is C17H18F3N5O5. The second-order valence-electron chi connectivity index (χ2n) is 7.04. The van der Waals surface area contributed by atoms with E-state index in [4.69, 9.17) is 0 Å². The molecule has 1 N–H and O–H groups in total. The van der Waals surface area contributed by atoms with Crippen LogP contribution in [0.25, 0.3) is 0 Å². The molecule has 1 aromatic carbocycles. The smallest absolute Gasteiger partial charge is 0.385 e. The van der Waals surface area contributed by atoms with Crippen LogP contribution in [0.5, 0.6) is 0 Å². The van der Waals surface area contributed by atoms with Gasteiger partial charge in [0, 0.05) is 44.7 Å². The molecule has 1 aromatic heterocycles. The molecule has 30 heavy (non-hydrogen) atoms. The summed E-state index contributed by atoms with van der Waals surface area (Å²) in [6, 6.07) is 0.633. The van der Waals surface area contributed by atoms with Gasteiger partial charge >= 0.3 is 6.18 Å². The summed E-state index contributed by atoms with van der Waals surface area (Å²) in [5, 5.41) is 33.4. The van der Waals surface area contributed by atoms with Gasteiger partial charge in [-0.25, -0.2) is 4.98 Å². The lowest BCUT2D eigenvalue weighted by Crippen LogP contribution is -2.37. The lowest BCUT2D eigenvalue weighted by Gasteiger charge is -2.34. The number of aliphatic hydroxyl groups excluding tert-OH is 1. The normalized spacial score (nSPS) is 16.5. The highest BCUT2D eigenvalue weighted by molar-refractivity contribution is 5.76. The standard InChI is InChI=1S/C17H18F3N5O5/c1-22-7-4-21-16(22)15(26)10-2-5-23(6-3-10)14-12(24(27)28)8-11(17(18,19)20)9-13(14)25(29)30/h4,7-10,15,26H,2-3,5-6H2,1H3. The van der Waals surface area contributed by atoms with Crippen molar-refractivity contribution in [2.24, 2.45) is 13.0 Å². The van der Waals surface area contributed by atoms with Crippen molar-refractivity contribution in [2.45, 2.75) is 25.1 Å². The average Bonchev–Trinajstić information content (AvgIpc) is 3.11. The Balaban J connectivity index is 1.92. The van der Waals surface area contributed by atoms with Crippen LogP contribution in [0.4, 0.5) is 30.2 Å². The number of nitrogens with zero attached hydrogens (tertiary/aromatic N) is 5. The van der Waals surface area contributed by atoms with Crippen molar-refractivity contribution < 1.29 is 28.1 Å². The minimum Gasteiger partial charge on any atom is -0.385 e. The summed E-state index contributed by atoms with van der Waals surface area (Å²) in [6.45, 7) is 0.193. The molecule has 2 aromatic rings. The van der Waals surface area contributed by atoms with Gasteiger partial charge < -0.3 is 14.6 Å². The van der Waals surface area contributed by atoms with E-state index in [0.717, 1.165) is 0 Å². The van der Waals surface area contributed by atoms with Crippen molar-refractivity contribution >= 4 is 17.1 Å². The molecule has 0 amide bonds. The molecule has 0 radical (unpaired) electrons. The number of aryl methyl sites for hydroxylation is 1. The van der Waals surface area contributed by atoms with Gasteiger partial charge in [-0.15, -0.1) is 0 Å². The van der Waals surface area contributed by atoms with Gasteiger partial charge in [0.1, 0.15) is 11.9 Å². The Hall–Kier alpha value is -3.22. The Labute approximate surface area is 167 Å².